The van der Waals surface area contributed by atoms with Crippen LogP contribution >= 0.6 is 0 Å². The lowest BCUT2D eigenvalue weighted by molar-refractivity contribution is -0.137. The van der Waals surface area contributed by atoms with Crippen LogP contribution in [0.3, 0.4) is 0 Å². The van der Waals surface area contributed by atoms with E-state index in [0.717, 1.165) is 25.9 Å². The third-order valence-electron chi connectivity index (χ3n) is 4.76. The first kappa shape index (κ1) is 15.7. The van der Waals surface area contributed by atoms with Gasteiger partial charge in [0.05, 0.1) is 19.1 Å². The molecule has 0 aliphatic carbocycles. The van der Waals surface area contributed by atoms with Gasteiger partial charge in [-0.15, -0.1) is 0 Å². The van der Waals surface area contributed by atoms with Crippen molar-refractivity contribution in [1.82, 2.24) is 15.1 Å². The standard InChI is InChI=1S/C15H29N3O2/c1-4-7-18-8-5-12(6-9-18)17(3)15(19)13-10-20-11-14(13)16-2/h12-14,16H,4-11H2,1-3H3. The number of nitrogens with zero attached hydrogens (tertiary/aromatic N) is 2. The van der Waals surface area contributed by atoms with Gasteiger partial charge in [-0.2, -0.15) is 0 Å². The van der Waals surface area contributed by atoms with Crippen molar-refractivity contribution in [2.24, 2.45) is 5.92 Å². The van der Waals surface area contributed by atoms with Gasteiger partial charge in [-0.05, 0) is 32.9 Å². The first-order valence-corrected chi connectivity index (χ1v) is 7.91. The minimum atomic E-state index is -0.0151. The van der Waals surface area contributed by atoms with Crippen molar-refractivity contribution in [1.29, 1.82) is 0 Å². The topological polar surface area (TPSA) is 44.8 Å². The van der Waals surface area contributed by atoms with Gasteiger partial charge in [0.1, 0.15) is 0 Å². The number of amides is 1. The van der Waals surface area contributed by atoms with E-state index in [1.807, 2.05) is 19.0 Å². The molecule has 0 bridgehead atoms. The van der Waals surface area contributed by atoms with Crippen molar-refractivity contribution >= 4 is 5.91 Å². The van der Waals surface area contributed by atoms with Crippen LogP contribution in [0.1, 0.15) is 26.2 Å². The van der Waals surface area contributed by atoms with Crippen molar-refractivity contribution in [3.63, 3.8) is 0 Å². The van der Waals surface area contributed by atoms with Gasteiger partial charge in [0, 0.05) is 32.2 Å². The molecule has 2 aliphatic rings. The van der Waals surface area contributed by atoms with Crippen molar-refractivity contribution in [2.75, 3.05) is 46.9 Å². The summed E-state index contributed by atoms with van der Waals surface area (Å²) in [7, 11) is 3.87. The lowest BCUT2D eigenvalue weighted by atomic mass is 9.98. The minimum absolute atomic E-state index is 0.0151. The number of likely N-dealkylation sites (tertiary alicyclic amines) is 1. The highest BCUT2D eigenvalue weighted by atomic mass is 16.5. The summed E-state index contributed by atoms with van der Waals surface area (Å²) in [4.78, 5) is 17.1. The molecule has 0 spiro atoms. The van der Waals surface area contributed by atoms with E-state index in [9.17, 15) is 4.79 Å². The minimum Gasteiger partial charge on any atom is -0.379 e. The van der Waals surface area contributed by atoms with Crippen LogP contribution in [0.5, 0.6) is 0 Å². The molecule has 1 N–H and O–H groups in total. The van der Waals surface area contributed by atoms with Gasteiger partial charge in [0.15, 0.2) is 0 Å². The van der Waals surface area contributed by atoms with Gasteiger partial charge >= 0.3 is 0 Å². The maximum Gasteiger partial charge on any atom is 0.229 e. The summed E-state index contributed by atoms with van der Waals surface area (Å²) in [6.07, 6.45) is 3.41. The van der Waals surface area contributed by atoms with Crippen LogP contribution < -0.4 is 5.32 Å². The van der Waals surface area contributed by atoms with Crippen LogP contribution in [0.2, 0.25) is 0 Å². The predicted octanol–water partition coefficient (Wildman–Crippen LogP) is 0.554. The Balaban J connectivity index is 1.85. The molecule has 1 amide bonds. The monoisotopic (exact) mass is 283 g/mol. The number of carbonyl (C=O) groups is 1. The average Bonchev–Trinajstić information content (AvgIpc) is 2.95. The zero-order valence-corrected chi connectivity index (χ0v) is 13.1. The fourth-order valence-corrected chi connectivity index (χ4v) is 3.37. The molecule has 5 nitrogen and oxygen atoms in total. The Morgan fingerprint density at radius 2 is 2.05 bits per heavy atom. The molecule has 2 fully saturated rings. The zero-order valence-electron chi connectivity index (χ0n) is 13.1. The van der Waals surface area contributed by atoms with E-state index in [1.54, 1.807) is 0 Å². The molecule has 2 unspecified atom stereocenters. The molecule has 20 heavy (non-hydrogen) atoms. The van der Waals surface area contributed by atoms with E-state index < -0.39 is 0 Å². The van der Waals surface area contributed by atoms with Gasteiger partial charge in [0.25, 0.3) is 0 Å². The quantitative estimate of drug-likeness (QED) is 0.800. The molecule has 0 aromatic heterocycles. The number of ether oxygens (including phenoxy) is 1. The number of rotatable bonds is 5. The van der Waals surface area contributed by atoms with Crippen LogP contribution in [-0.4, -0.2) is 74.7 Å². The van der Waals surface area contributed by atoms with Crippen LogP contribution in [-0.2, 0) is 9.53 Å². The fourth-order valence-electron chi connectivity index (χ4n) is 3.37. The molecule has 2 atom stereocenters. The second-order valence-electron chi connectivity index (χ2n) is 6.06. The van der Waals surface area contributed by atoms with E-state index in [2.05, 4.69) is 17.1 Å². The van der Waals surface area contributed by atoms with E-state index in [0.29, 0.717) is 19.3 Å². The maximum absolute atomic E-state index is 12.6. The Morgan fingerprint density at radius 1 is 1.35 bits per heavy atom. The first-order chi connectivity index (χ1) is 9.67. The Bertz CT molecular complexity index is 316. The highest BCUT2D eigenvalue weighted by Crippen LogP contribution is 2.21. The normalized spacial score (nSPS) is 28.8. The number of hydrogen-bond donors (Lipinski definition) is 1. The summed E-state index contributed by atoms with van der Waals surface area (Å²) in [6, 6.07) is 0.568. The van der Waals surface area contributed by atoms with E-state index >= 15 is 0 Å². The smallest absolute Gasteiger partial charge is 0.229 e. The average molecular weight is 283 g/mol. The second kappa shape index (κ2) is 7.38. The molecule has 116 valence electrons. The largest absolute Gasteiger partial charge is 0.379 e. The van der Waals surface area contributed by atoms with Crippen molar-refractivity contribution in [3.05, 3.63) is 0 Å². The van der Waals surface area contributed by atoms with Crippen LogP contribution in [0.25, 0.3) is 0 Å². The molecular weight excluding hydrogens is 254 g/mol. The molecule has 2 heterocycles. The van der Waals surface area contributed by atoms with Gasteiger partial charge in [-0.1, -0.05) is 6.92 Å². The molecule has 0 aromatic rings. The van der Waals surface area contributed by atoms with Gasteiger partial charge in [-0.3, -0.25) is 4.79 Å². The first-order valence-electron chi connectivity index (χ1n) is 7.91. The molecule has 0 aromatic carbocycles. The van der Waals surface area contributed by atoms with Gasteiger partial charge in [-0.25, -0.2) is 0 Å². The molecule has 5 heteroatoms. The lowest BCUT2D eigenvalue weighted by Gasteiger charge is -2.38. The number of hydrogen-bond acceptors (Lipinski definition) is 4. The van der Waals surface area contributed by atoms with E-state index in [-0.39, 0.29) is 17.9 Å². The number of carbonyl (C=O) groups excluding carboxylic acids is 1. The summed E-state index contributed by atoms with van der Waals surface area (Å²) in [5.74, 6) is 0.231. The highest BCUT2D eigenvalue weighted by molar-refractivity contribution is 5.80. The summed E-state index contributed by atoms with van der Waals surface area (Å²) in [6.45, 7) is 6.85. The predicted molar refractivity (Wildman–Crippen MR) is 79.7 cm³/mol. The van der Waals surface area contributed by atoms with E-state index in [4.69, 9.17) is 4.74 Å². The van der Waals surface area contributed by atoms with Crippen LogP contribution in [0.4, 0.5) is 0 Å². The molecular formula is C15H29N3O2. The summed E-state index contributed by atoms with van der Waals surface area (Å²) >= 11 is 0. The van der Waals surface area contributed by atoms with Crippen molar-refractivity contribution in [2.45, 2.75) is 38.3 Å². The summed E-state index contributed by atoms with van der Waals surface area (Å²) in [5.41, 5.74) is 0. The lowest BCUT2D eigenvalue weighted by Crippen LogP contribution is -2.50. The number of piperidine rings is 1. The second-order valence-corrected chi connectivity index (χ2v) is 6.06. The Labute approximate surface area is 122 Å². The third kappa shape index (κ3) is 3.51. The summed E-state index contributed by atoms with van der Waals surface area (Å²) in [5, 5.41) is 3.20. The highest BCUT2D eigenvalue weighted by Gasteiger charge is 2.37. The molecule has 2 saturated heterocycles. The SMILES string of the molecule is CCCN1CCC(N(C)C(=O)C2COCC2NC)CC1. The number of nitrogens with one attached hydrogen (secondary N) is 1. The van der Waals surface area contributed by atoms with Crippen molar-refractivity contribution in [3.8, 4) is 0 Å². The Kier molecular flexibility index (Phi) is 5.81. The van der Waals surface area contributed by atoms with Crippen molar-refractivity contribution < 1.29 is 9.53 Å². The van der Waals surface area contributed by atoms with Crippen LogP contribution in [0, 0.1) is 5.92 Å². The van der Waals surface area contributed by atoms with Gasteiger partial charge in [0.2, 0.25) is 5.91 Å². The fraction of sp³-hybridized carbons (Fsp3) is 0.933. The number of likely N-dealkylation sites (N-methyl/N-ethyl adjacent to an activating group) is 1. The van der Waals surface area contributed by atoms with E-state index in [1.165, 1.54) is 13.0 Å². The Hall–Kier alpha value is -0.650. The van der Waals surface area contributed by atoms with Crippen LogP contribution in [0.15, 0.2) is 0 Å². The molecule has 0 saturated carbocycles. The van der Waals surface area contributed by atoms with Gasteiger partial charge < -0.3 is 19.9 Å². The third-order valence-corrected chi connectivity index (χ3v) is 4.76. The summed E-state index contributed by atoms with van der Waals surface area (Å²) < 4.78 is 5.45. The maximum atomic E-state index is 12.6. The molecule has 0 radical (unpaired) electrons. The molecule has 2 rings (SSSR count). The molecule has 2 aliphatic heterocycles. The zero-order chi connectivity index (χ0) is 14.5. The Morgan fingerprint density at radius 3 is 2.65 bits per heavy atom.